The van der Waals surface area contributed by atoms with Crippen molar-refractivity contribution in [2.24, 2.45) is 0 Å². The van der Waals surface area contributed by atoms with Gasteiger partial charge in [-0.15, -0.1) is 0 Å². The van der Waals surface area contributed by atoms with Gasteiger partial charge in [0, 0.05) is 12.1 Å². The van der Waals surface area contributed by atoms with Crippen molar-refractivity contribution in [1.82, 2.24) is 4.90 Å². The van der Waals surface area contributed by atoms with Gasteiger partial charge in [-0.2, -0.15) is 0 Å². The normalized spacial score (nSPS) is 22.0. The summed E-state index contributed by atoms with van der Waals surface area (Å²) in [5.41, 5.74) is 0.485. The maximum absolute atomic E-state index is 12.7. The summed E-state index contributed by atoms with van der Waals surface area (Å²) in [5, 5.41) is 0.356. The number of hydrogen-bond acceptors (Lipinski definition) is 4. The number of amides is 1. The fraction of sp³-hybridized carbons (Fsp3) is 0.533. The second-order valence-electron chi connectivity index (χ2n) is 5.14. The number of morpholine rings is 1. The Bertz CT molecular complexity index is 535. The first-order chi connectivity index (χ1) is 9.97. The highest BCUT2D eigenvalue weighted by Gasteiger charge is 2.29. The molecule has 116 valence electrons. The van der Waals surface area contributed by atoms with Gasteiger partial charge in [-0.25, -0.2) is 0 Å². The maximum atomic E-state index is 12.7. The molecule has 2 unspecified atom stereocenters. The van der Waals surface area contributed by atoms with Crippen LogP contribution in [-0.4, -0.2) is 50.3 Å². The minimum atomic E-state index is -0.0829. The van der Waals surface area contributed by atoms with Gasteiger partial charge in [0.15, 0.2) is 11.5 Å². The Labute approximate surface area is 129 Å². The van der Waals surface area contributed by atoms with Crippen LogP contribution in [0.25, 0.3) is 0 Å². The summed E-state index contributed by atoms with van der Waals surface area (Å²) in [6.07, 6.45) is 0.0285. The van der Waals surface area contributed by atoms with E-state index in [1.54, 1.807) is 17.0 Å². The Morgan fingerprint density at radius 3 is 2.67 bits per heavy atom. The monoisotopic (exact) mass is 313 g/mol. The Morgan fingerprint density at radius 2 is 2.05 bits per heavy atom. The first-order valence-electron chi connectivity index (χ1n) is 6.82. The molecule has 0 spiro atoms. The highest BCUT2D eigenvalue weighted by molar-refractivity contribution is 6.32. The van der Waals surface area contributed by atoms with Crippen LogP contribution in [0.3, 0.4) is 0 Å². The maximum Gasteiger partial charge on any atom is 0.254 e. The third-order valence-corrected chi connectivity index (χ3v) is 3.83. The molecule has 0 radical (unpaired) electrons. The van der Waals surface area contributed by atoms with Gasteiger partial charge < -0.3 is 19.1 Å². The summed E-state index contributed by atoms with van der Waals surface area (Å²) in [6, 6.07) is 3.29. The highest BCUT2D eigenvalue weighted by atomic mass is 35.5. The lowest BCUT2D eigenvalue weighted by atomic mass is 10.1. The van der Waals surface area contributed by atoms with E-state index < -0.39 is 0 Å². The van der Waals surface area contributed by atoms with E-state index in [1.807, 2.05) is 13.8 Å². The van der Waals surface area contributed by atoms with Gasteiger partial charge in [-0.3, -0.25) is 4.79 Å². The van der Waals surface area contributed by atoms with Gasteiger partial charge in [0.1, 0.15) is 0 Å². The van der Waals surface area contributed by atoms with Crippen molar-refractivity contribution >= 4 is 17.5 Å². The molecule has 1 heterocycles. The Morgan fingerprint density at radius 1 is 1.33 bits per heavy atom. The van der Waals surface area contributed by atoms with E-state index in [-0.39, 0.29) is 18.1 Å². The van der Waals surface area contributed by atoms with Crippen LogP contribution in [0.4, 0.5) is 0 Å². The van der Waals surface area contributed by atoms with Crippen LogP contribution in [0, 0.1) is 0 Å². The van der Waals surface area contributed by atoms with E-state index in [0.717, 1.165) is 0 Å². The molecule has 1 aliphatic heterocycles. The predicted molar refractivity (Wildman–Crippen MR) is 80.5 cm³/mol. The lowest BCUT2D eigenvalue weighted by Gasteiger charge is -2.37. The zero-order valence-electron chi connectivity index (χ0n) is 12.7. The number of carbonyl (C=O) groups excluding carboxylic acids is 1. The van der Waals surface area contributed by atoms with Gasteiger partial charge in [0.2, 0.25) is 0 Å². The molecule has 5 nitrogen and oxygen atoms in total. The number of halogens is 1. The fourth-order valence-electron chi connectivity index (χ4n) is 2.39. The second-order valence-corrected chi connectivity index (χ2v) is 5.55. The minimum Gasteiger partial charge on any atom is -0.493 e. The number of methoxy groups -OCH3 is 2. The van der Waals surface area contributed by atoms with Gasteiger partial charge in [-0.1, -0.05) is 11.6 Å². The molecule has 0 N–H and O–H groups in total. The van der Waals surface area contributed by atoms with Crippen molar-refractivity contribution in [1.29, 1.82) is 0 Å². The van der Waals surface area contributed by atoms with E-state index in [9.17, 15) is 4.79 Å². The van der Waals surface area contributed by atoms with Gasteiger partial charge in [0.05, 0.1) is 38.0 Å². The van der Waals surface area contributed by atoms with Crippen molar-refractivity contribution in [2.75, 3.05) is 27.4 Å². The first-order valence-corrected chi connectivity index (χ1v) is 7.19. The molecular formula is C15H20ClNO4. The molecule has 0 bridgehead atoms. The Kier molecular flexibility index (Phi) is 4.96. The molecule has 6 heteroatoms. The summed E-state index contributed by atoms with van der Waals surface area (Å²) in [4.78, 5) is 14.5. The molecule has 1 amide bonds. The molecule has 1 aromatic rings. The van der Waals surface area contributed by atoms with Crippen molar-refractivity contribution in [3.8, 4) is 11.5 Å². The van der Waals surface area contributed by atoms with Crippen LogP contribution in [0.2, 0.25) is 5.02 Å². The molecule has 1 saturated heterocycles. The Balaban J connectivity index is 2.32. The van der Waals surface area contributed by atoms with Crippen LogP contribution in [-0.2, 0) is 4.74 Å². The average Bonchev–Trinajstić information content (AvgIpc) is 2.48. The van der Waals surface area contributed by atoms with E-state index in [0.29, 0.717) is 35.2 Å². The third-order valence-electron chi connectivity index (χ3n) is 3.55. The standard InChI is InChI=1S/C15H20ClNO4/c1-9-8-21-10(2)7-17(9)15(18)11-5-12(16)14(20-4)13(6-11)19-3/h5-6,9-10H,7-8H2,1-4H3. The van der Waals surface area contributed by atoms with Crippen molar-refractivity contribution in [2.45, 2.75) is 26.0 Å². The molecule has 1 aliphatic rings. The van der Waals surface area contributed by atoms with Gasteiger partial charge in [0.25, 0.3) is 5.91 Å². The lowest BCUT2D eigenvalue weighted by Crippen LogP contribution is -2.50. The molecule has 0 aromatic heterocycles. The van der Waals surface area contributed by atoms with E-state index in [2.05, 4.69) is 0 Å². The molecule has 21 heavy (non-hydrogen) atoms. The van der Waals surface area contributed by atoms with Crippen LogP contribution in [0.1, 0.15) is 24.2 Å². The largest absolute Gasteiger partial charge is 0.493 e. The summed E-state index contributed by atoms with van der Waals surface area (Å²) >= 11 is 6.16. The molecule has 0 saturated carbocycles. The number of rotatable bonds is 3. The average molecular weight is 314 g/mol. The Hall–Kier alpha value is -1.46. The number of hydrogen-bond donors (Lipinski definition) is 0. The fourth-order valence-corrected chi connectivity index (χ4v) is 2.68. The smallest absolute Gasteiger partial charge is 0.254 e. The predicted octanol–water partition coefficient (Wildman–Crippen LogP) is 2.61. The number of ether oxygens (including phenoxy) is 3. The first kappa shape index (κ1) is 15.9. The zero-order valence-corrected chi connectivity index (χ0v) is 13.4. The quantitative estimate of drug-likeness (QED) is 0.860. The molecule has 1 fully saturated rings. The summed E-state index contributed by atoms with van der Waals surface area (Å²) in [5.74, 6) is 0.793. The molecule has 1 aromatic carbocycles. The lowest BCUT2D eigenvalue weighted by molar-refractivity contribution is -0.0387. The zero-order chi connectivity index (χ0) is 15.6. The number of benzene rings is 1. The van der Waals surface area contributed by atoms with Crippen molar-refractivity contribution < 1.29 is 19.0 Å². The summed E-state index contributed by atoms with van der Waals surface area (Å²) in [7, 11) is 3.03. The number of carbonyl (C=O) groups is 1. The van der Waals surface area contributed by atoms with Crippen molar-refractivity contribution in [3.63, 3.8) is 0 Å². The third kappa shape index (κ3) is 3.24. The van der Waals surface area contributed by atoms with E-state index in [1.165, 1.54) is 14.2 Å². The number of nitrogens with zero attached hydrogens (tertiary/aromatic N) is 1. The van der Waals surface area contributed by atoms with Crippen LogP contribution in [0.5, 0.6) is 11.5 Å². The molecule has 0 aliphatic carbocycles. The molecular weight excluding hydrogens is 294 g/mol. The summed E-state index contributed by atoms with van der Waals surface area (Å²) in [6.45, 7) is 5.01. The highest BCUT2D eigenvalue weighted by Crippen LogP contribution is 2.36. The van der Waals surface area contributed by atoms with E-state index >= 15 is 0 Å². The topological polar surface area (TPSA) is 48.0 Å². The van der Waals surface area contributed by atoms with Crippen LogP contribution < -0.4 is 9.47 Å². The molecule has 2 atom stereocenters. The van der Waals surface area contributed by atoms with Crippen LogP contribution in [0.15, 0.2) is 12.1 Å². The van der Waals surface area contributed by atoms with Crippen LogP contribution >= 0.6 is 11.6 Å². The second kappa shape index (κ2) is 6.54. The van der Waals surface area contributed by atoms with E-state index in [4.69, 9.17) is 25.8 Å². The summed E-state index contributed by atoms with van der Waals surface area (Å²) < 4.78 is 16.0. The van der Waals surface area contributed by atoms with Gasteiger partial charge >= 0.3 is 0 Å². The molecule has 2 rings (SSSR count). The minimum absolute atomic E-state index is 0.0283. The van der Waals surface area contributed by atoms with Crippen molar-refractivity contribution in [3.05, 3.63) is 22.7 Å². The SMILES string of the molecule is COc1cc(C(=O)N2CC(C)OCC2C)cc(Cl)c1OC. The van der Waals surface area contributed by atoms with Gasteiger partial charge in [-0.05, 0) is 26.0 Å².